The van der Waals surface area contributed by atoms with Crippen molar-refractivity contribution in [3.63, 3.8) is 0 Å². The second kappa shape index (κ2) is 6.23. The van der Waals surface area contributed by atoms with Crippen molar-refractivity contribution in [3.8, 4) is 11.3 Å². The number of nitrogens with zero attached hydrogens (tertiary/aromatic N) is 3. The minimum Gasteiger partial charge on any atom is -0.341 e. The molecule has 1 fully saturated rings. The minimum atomic E-state index is 0.705. The molecule has 1 atom stereocenters. The molecule has 3 nitrogen and oxygen atoms in total. The van der Waals surface area contributed by atoms with E-state index in [4.69, 9.17) is 9.97 Å². The minimum absolute atomic E-state index is 0.705. The van der Waals surface area contributed by atoms with Gasteiger partial charge in [-0.1, -0.05) is 48.9 Å². The maximum Gasteiger partial charge on any atom is 0.226 e. The fourth-order valence-corrected chi connectivity index (χ4v) is 3.56. The van der Waals surface area contributed by atoms with Crippen molar-refractivity contribution in [1.29, 1.82) is 0 Å². The zero-order chi connectivity index (χ0) is 16.5. The van der Waals surface area contributed by atoms with E-state index in [-0.39, 0.29) is 0 Å². The van der Waals surface area contributed by atoms with Gasteiger partial charge in [-0.05, 0) is 37.8 Å². The van der Waals surface area contributed by atoms with E-state index in [1.54, 1.807) is 0 Å². The van der Waals surface area contributed by atoms with E-state index in [2.05, 4.69) is 61.2 Å². The summed E-state index contributed by atoms with van der Waals surface area (Å²) in [6.07, 6.45) is 2.52. The molecule has 0 radical (unpaired) electrons. The molecule has 1 aromatic heterocycles. The van der Waals surface area contributed by atoms with Gasteiger partial charge in [0.2, 0.25) is 5.95 Å². The normalized spacial score (nSPS) is 18.1. The van der Waals surface area contributed by atoms with Crippen LogP contribution in [0.4, 0.5) is 5.95 Å². The molecule has 0 saturated carbocycles. The van der Waals surface area contributed by atoms with Gasteiger partial charge in [0.15, 0.2) is 0 Å². The average Bonchev–Trinajstić information content (AvgIpc) is 2.61. The lowest BCUT2D eigenvalue weighted by molar-refractivity contribution is 0.442. The molecular formula is C21H23N3. The highest BCUT2D eigenvalue weighted by Crippen LogP contribution is 2.30. The number of benzene rings is 2. The first-order chi connectivity index (χ1) is 11.7. The number of piperidine rings is 1. The molecule has 122 valence electrons. The molecule has 0 bridgehead atoms. The van der Waals surface area contributed by atoms with E-state index in [9.17, 15) is 0 Å². The van der Waals surface area contributed by atoms with Crippen LogP contribution < -0.4 is 4.90 Å². The summed E-state index contributed by atoms with van der Waals surface area (Å²) < 4.78 is 0. The van der Waals surface area contributed by atoms with Crippen LogP contribution >= 0.6 is 0 Å². The van der Waals surface area contributed by atoms with Crippen LogP contribution in [-0.4, -0.2) is 23.1 Å². The number of aromatic nitrogens is 2. The van der Waals surface area contributed by atoms with Gasteiger partial charge in [0.1, 0.15) is 0 Å². The molecule has 0 N–H and O–H groups in total. The topological polar surface area (TPSA) is 29.0 Å². The lowest BCUT2D eigenvalue weighted by Crippen LogP contribution is -2.35. The monoisotopic (exact) mass is 317 g/mol. The molecule has 0 spiro atoms. The van der Waals surface area contributed by atoms with E-state index in [0.717, 1.165) is 41.2 Å². The fourth-order valence-electron chi connectivity index (χ4n) is 3.56. The van der Waals surface area contributed by atoms with Crippen molar-refractivity contribution in [3.05, 3.63) is 54.1 Å². The summed E-state index contributed by atoms with van der Waals surface area (Å²) in [6.45, 7) is 6.53. The van der Waals surface area contributed by atoms with Gasteiger partial charge in [-0.2, -0.15) is 0 Å². The van der Waals surface area contributed by atoms with Crippen molar-refractivity contribution in [2.24, 2.45) is 5.92 Å². The van der Waals surface area contributed by atoms with Crippen LogP contribution in [0.3, 0.4) is 0 Å². The molecule has 3 heteroatoms. The largest absolute Gasteiger partial charge is 0.341 e. The van der Waals surface area contributed by atoms with Crippen LogP contribution in [-0.2, 0) is 0 Å². The average molecular weight is 317 g/mol. The third-order valence-corrected chi connectivity index (χ3v) is 4.83. The highest BCUT2D eigenvalue weighted by Gasteiger charge is 2.20. The lowest BCUT2D eigenvalue weighted by atomic mass is 10.0. The van der Waals surface area contributed by atoms with Crippen LogP contribution in [0.15, 0.2) is 48.5 Å². The summed E-state index contributed by atoms with van der Waals surface area (Å²) in [7, 11) is 0. The highest BCUT2D eigenvalue weighted by atomic mass is 15.3. The lowest BCUT2D eigenvalue weighted by Gasteiger charge is -2.31. The second-order valence-electron chi connectivity index (χ2n) is 6.95. The molecule has 0 aliphatic carbocycles. The standard InChI is InChI=1S/C21H23N3/c1-15-10-11-19-18(13-15)20(17-8-4-3-5-9-17)23-21(22-19)24-12-6-7-16(2)14-24/h3-5,8-11,13,16H,6-7,12,14H2,1-2H3. The van der Waals surface area contributed by atoms with Crippen LogP contribution in [0.1, 0.15) is 25.3 Å². The zero-order valence-electron chi connectivity index (χ0n) is 14.4. The van der Waals surface area contributed by atoms with Crippen molar-refractivity contribution in [1.82, 2.24) is 9.97 Å². The summed E-state index contributed by atoms with van der Waals surface area (Å²) >= 11 is 0. The van der Waals surface area contributed by atoms with Gasteiger partial charge < -0.3 is 4.90 Å². The summed E-state index contributed by atoms with van der Waals surface area (Å²) in [5.41, 5.74) is 4.46. The summed E-state index contributed by atoms with van der Waals surface area (Å²) in [5, 5.41) is 1.13. The van der Waals surface area contributed by atoms with E-state index in [0.29, 0.717) is 5.92 Å². The van der Waals surface area contributed by atoms with Gasteiger partial charge in [-0.15, -0.1) is 0 Å². The molecule has 2 heterocycles. The summed E-state index contributed by atoms with van der Waals surface area (Å²) in [4.78, 5) is 12.2. The fraction of sp³-hybridized carbons (Fsp3) is 0.333. The number of rotatable bonds is 2. The van der Waals surface area contributed by atoms with Crippen molar-refractivity contribution in [2.75, 3.05) is 18.0 Å². The predicted octanol–water partition coefficient (Wildman–Crippen LogP) is 4.84. The summed E-state index contributed by atoms with van der Waals surface area (Å²) in [5.74, 6) is 1.58. The number of hydrogen-bond acceptors (Lipinski definition) is 3. The third-order valence-electron chi connectivity index (χ3n) is 4.83. The van der Waals surface area contributed by atoms with E-state index in [1.807, 2.05) is 6.07 Å². The first-order valence-electron chi connectivity index (χ1n) is 8.79. The Morgan fingerprint density at radius 3 is 2.67 bits per heavy atom. The molecule has 0 amide bonds. The Bertz CT molecular complexity index is 858. The van der Waals surface area contributed by atoms with Gasteiger partial charge >= 0.3 is 0 Å². The van der Waals surface area contributed by atoms with Crippen LogP contribution in [0, 0.1) is 12.8 Å². The Morgan fingerprint density at radius 1 is 1.04 bits per heavy atom. The Hall–Kier alpha value is -2.42. The molecule has 3 aromatic rings. The molecule has 2 aromatic carbocycles. The van der Waals surface area contributed by atoms with Crippen molar-refractivity contribution in [2.45, 2.75) is 26.7 Å². The first kappa shape index (κ1) is 15.1. The number of hydrogen-bond donors (Lipinski definition) is 0. The maximum absolute atomic E-state index is 4.99. The van der Waals surface area contributed by atoms with Crippen molar-refractivity contribution < 1.29 is 0 Å². The molecular weight excluding hydrogens is 294 g/mol. The quantitative estimate of drug-likeness (QED) is 0.677. The van der Waals surface area contributed by atoms with Gasteiger partial charge in [-0.3, -0.25) is 0 Å². The van der Waals surface area contributed by atoms with E-state index < -0.39 is 0 Å². The molecule has 1 aliphatic rings. The molecule has 4 rings (SSSR count). The Balaban J connectivity index is 1.89. The highest BCUT2D eigenvalue weighted by molar-refractivity contribution is 5.93. The van der Waals surface area contributed by atoms with Gasteiger partial charge in [0.05, 0.1) is 11.2 Å². The first-order valence-corrected chi connectivity index (χ1v) is 8.79. The Labute approximate surface area is 143 Å². The molecule has 1 unspecified atom stereocenters. The smallest absolute Gasteiger partial charge is 0.226 e. The van der Waals surface area contributed by atoms with Crippen LogP contribution in [0.25, 0.3) is 22.2 Å². The van der Waals surface area contributed by atoms with Crippen LogP contribution in [0.5, 0.6) is 0 Å². The van der Waals surface area contributed by atoms with Gasteiger partial charge in [0, 0.05) is 24.0 Å². The number of fused-ring (bicyclic) bond motifs is 1. The van der Waals surface area contributed by atoms with E-state index >= 15 is 0 Å². The number of anilines is 1. The Kier molecular flexibility index (Phi) is 3.93. The van der Waals surface area contributed by atoms with Gasteiger partial charge in [0.25, 0.3) is 0 Å². The molecule has 1 aliphatic heterocycles. The van der Waals surface area contributed by atoms with E-state index in [1.165, 1.54) is 18.4 Å². The molecule has 1 saturated heterocycles. The predicted molar refractivity (Wildman–Crippen MR) is 100 cm³/mol. The number of aryl methyl sites for hydroxylation is 1. The van der Waals surface area contributed by atoms with Gasteiger partial charge in [-0.25, -0.2) is 9.97 Å². The second-order valence-corrected chi connectivity index (χ2v) is 6.95. The molecule has 24 heavy (non-hydrogen) atoms. The third kappa shape index (κ3) is 2.86. The SMILES string of the molecule is Cc1ccc2nc(N3CCCC(C)C3)nc(-c3ccccc3)c2c1. The summed E-state index contributed by atoms with van der Waals surface area (Å²) in [6, 6.07) is 16.9. The zero-order valence-corrected chi connectivity index (χ0v) is 14.4. The van der Waals surface area contributed by atoms with Crippen LogP contribution in [0.2, 0.25) is 0 Å². The van der Waals surface area contributed by atoms with Crippen molar-refractivity contribution >= 4 is 16.9 Å². The maximum atomic E-state index is 4.99. The Morgan fingerprint density at radius 2 is 1.88 bits per heavy atom.